The third kappa shape index (κ3) is 5.78. The van der Waals surface area contributed by atoms with Gasteiger partial charge in [0, 0.05) is 18.0 Å². The van der Waals surface area contributed by atoms with Crippen molar-refractivity contribution in [3.05, 3.63) is 59.2 Å². The van der Waals surface area contributed by atoms with Gasteiger partial charge >= 0.3 is 6.16 Å². The van der Waals surface area contributed by atoms with Crippen molar-refractivity contribution >= 4 is 12.1 Å². The van der Waals surface area contributed by atoms with Crippen LogP contribution in [0.2, 0.25) is 0 Å². The van der Waals surface area contributed by atoms with Gasteiger partial charge in [0.1, 0.15) is 5.60 Å². The molecule has 4 rings (SSSR count). The fourth-order valence-electron chi connectivity index (χ4n) is 4.12. The number of rotatable bonds is 6. The number of piperidine rings is 1. The topological polar surface area (TPSA) is 110 Å². The predicted molar refractivity (Wildman–Crippen MR) is 122 cm³/mol. The molecule has 0 spiro atoms. The molecule has 0 aliphatic carbocycles. The molecule has 182 valence electrons. The minimum atomic E-state index is -0.758. The van der Waals surface area contributed by atoms with Crippen molar-refractivity contribution in [1.82, 2.24) is 5.06 Å². The summed E-state index contributed by atoms with van der Waals surface area (Å²) in [6, 6.07) is 12.9. The summed E-state index contributed by atoms with van der Waals surface area (Å²) in [7, 11) is 0. The predicted octanol–water partition coefficient (Wildman–Crippen LogP) is 3.76. The second-order valence-electron chi connectivity index (χ2n) is 9.32. The zero-order chi connectivity index (χ0) is 24.3. The Morgan fingerprint density at radius 3 is 2.65 bits per heavy atom. The van der Waals surface area contributed by atoms with Crippen molar-refractivity contribution in [3.8, 4) is 11.5 Å². The molecule has 2 aromatic carbocycles. The molecule has 2 aliphatic heterocycles. The summed E-state index contributed by atoms with van der Waals surface area (Å²) in [4.78, 5) is 29.5. The SMILES string of the molecule is CC(C)(C)OC(=O)ON1CCC(c2ccc3c(c2)OCO3)C(OCc2ccccc2C(N)=O)C1. The molecule has 34 heavy (non-hydrogen) atoms. The maximum Gasteiger partial charge on any atom is 0.528 e. The Morgan fingerprint density at radius 1 is 1.12 bits per heavy atom. The molecule has 2 aromatic rings. The molecular weight excluding hydrogens is 440 g/mol. The van der Waals surface area contributed by atoms with E-state index in [0.29, 0.717) is 42.1 Å². The van der Waals surface area contributed by atoms with E-state index in [0.717, 1.165) is 5.56 Å². The number of carbonyl (C=O) groups excluding carboxylic acids is 2. The molecule has 2 N–H and O–H groups in total. The largest absolute Gasteiger partial charge is 0.528 e. The molecule has 2 aliphatic rings. The van der Waals surface area contributed by atoms with E-state index in [1.807, 2.05) is 30.3 Å². The summed E-state index contributed by atoms with van der Waals surface area (Å²) in [6.07, 6.45) is -0.422. The molecule has 2 atom stereocenters. The van der Waals surface area contributed by atoms with Crippen molar-refractivity contribution in [3.63, 3.8) is 0 Å². The third-order valence-corrected chi connectivity index (χ3v) is 5.68. The molecular formula is C25H30N2O7. The first-order valence-electron chi connectivity index (χ1n) is 11.2. The van der Waals surface area contributed by atoms with E-state index in [9.17, 15) is 9.59 Å². The lowest BCUT2D eigenvalue weighted by molar-refractivity contribution is -0.179. The molecule has 9 heteroatoms. The second-order valence-corrected chi connectivity index (χ2v) is 9.32. The van der Waals surface area contributed by atoms with E-state index in [2.05, 4.69) is 0 Å². The highest BCUT2D eigenvalue weighted by Crippen LogP contribution is 2.38. The number of hydrogen-bond acceptors (Lipinski definition) is 8. The van der Waals surface area contributed by atoms with Crippen LogP contribution >= 0.6 is 0 Å². The van der Waals surface area contributed by atoms with Crippen molar-refractivity contribution in [1.29, 1.82) is 0 Å². The Morgan fingerprint density at radius 2 is 1.88 bits per heavy atom. The van der Waals surface area contributed by atoms with Gasteiger partial charge in [-0.05, 0) is 56.5 Å². The first-order valence-corrected chi connectivity index (χ1v) is 11.2. The molecule has 0 aromatic heterocycles. The third-order valence-electron chi connectivity index (χ3n) is 5.68. The number of nitrogens with two attached hydrogens (primary N) is 1. The number of hydroxylamine groups is 2. The van der Waals surface area contributed by atoms with E-state index < -0.39 is 17.7 Å². The number of amides is 1. The van der Waals surface area contributed by atoms with Crippen molar-refractivity contribution < 1.29 is 33.4 Å². The second kappa shape index (κ2) is 9.90. The minimum absolute atomic E-state index is 0.00808. The van der Waals surface area contributed by atoms with Gasteiger partial charge in [-0.3, -0.25) is 4.79 Å². The van der Waals surface area contributed by atoms with E-state index in [4.69, 9.17) is 29.5 Å². The van der Waals surface area contributed by atoms with Gasteiger partial charge in [-0.1, -0.05) is 24.3 Å². The molecule has 1 amide bonds. The van der Waals surface area contributed by atoms with Crippen LogP contribution in [0.3, 0.4) is 0 Å². The maximum atomic E-state index is 12.2. The Hall–Kier alpha value is -3.30. The quantitative estimate of drug-likeness (QED) is 0.636. The van der Waals surface area contributed by atoms with Crippen molar-refractivity contribution in [2.75, 3.05) is 19.9 Å². The van der Waals surface area contributed by atoms with Gasteiger partial charge in [-0.25, -0.2) is 4.79 Å². The lowest BCUT2D eigenvalue weighted by Crippen LogP contribution is -2.45. The van der Waals surface area contributed by atoms with Crippen LogP contribution in [0.15, 0.2) is 42.5 Å². The Bertz CT molecular complexity index is 1050. The monoisotopic (exact) mass is 470 g/mol. The fourth-order valence-corrected chi connectivity index (χ4v) is 4.12. The van der Waals surface area contributed by atoms with Crippen molar-refractivity contribution in [2.24, 2.45) is 5.73 Å². The van der Waals surface area contributed by atoms with Crippen LogP contribution in [0, 0.1) is 0 Å². The van der Waals surface area contributed by atoms with E-state index >= 15 is 0 Å². The van der Waals surface area contributed by atoms with Gasteiger partial charge in [0.15, 0.2) is 11.5 Å². The molecule has 2 unspecified atom stereocenters. The van der Waals surface area contributed by atoms with Gasteiger partial charge in [0.25, 0.3) is 0 Å². The van der Waals surface area contributed by atoms with Crippen molar-refractivity contribution in [2.45, 2.75) is 51.4 Å². The molecule has 0 bridgehead atoms. The van der Waals surface area contributed by atoms with Crippen LogP contribution in [-0.2, 0) is 20.9 Å². The number of hydrogen-bond donors (Lipinski definition) is 1. The molecule has 1 saturated heterocycles. The normalized spacial score (nSPS) is 20.1. The molecule has 0 radical (unpaired) electrons. The van der Waals surface area contributed by atoms with Crippen LogP contribution in [0.4, 0.5) is 4.79 Å². The van der Waals surface area contributed by atoms with Crippen LogP contribution < -0.4 is 15.2 Å². The van der Waals surface area contributed by atoms with E-state index in [1.165, 1.54) is 0 Å². The van der Waals surface area contributed by atoms with Crippen LogP contribution in [-0.4, -0.2) is 48.7 Å². The highest BCUT2D eigenvalue weighted by Gasteiger charge is 2.35. The lowest BCUT2D eigenvalue weighted by atomic mass is 9.87. The maximum absolute atomic E-state index is 12.2. The average Bonchev–Trinajstić information content (AvgIpc) is 3.24. The Kier molecular flexibility index (Phi) is 6.95. The van der Waals surface area contributed by atoms with E-state index in [1.54, 1.807) is 38.0 Å². The van der Waals surface area contributed by atoms with Gasteiger partial charge in [0.2, 0.25) is 12.7 Å². The summed E-state index contributed by atoms with van der Waals surface area (Å²) in [5.74, 6) is 0.906. The highest BCUT2D eigenvalue weighted by atomic mass is 16.8. The van der Waals surface area contributed by atoms with Gasteiger partial charge in [-0.15, -0.1) is 5.06 Å². The fraction of sp³-hybridized carbons (Fsp3) is 0.440. The zero-order valence-electron chi connectivity index (χ0n) is 19.6. The number of fused-ring (bicyclic) bond motifs is 1. The lowest BCUT2D eigenvalue weighted by Gasteiger charge is -2.37. The zero-order valence-corrected chi connectivity index (χ0v) is 19.6. The molecule has 9 nitrogen and oxygen atoms in total. The summed E-state index contributed by atoms with van der Waals surface area (Å²) >= 11 is 0. The number of benzene rings is 2. The Balaban J connectivity index is 1.51. The average molecular weight is 471 g/mol. The molecule has 0 saturated carbocycles. The van der Waals surface area contributed by atoms with E-state index in [-0.39, 0.29) is 25.4 Å². The number of nitrogens with zero attached hydrogens (tertiary/aromatic N) is 1. The summed E-state index contributed by atoms with van der Waals surface area (Å²) in [5, 5.41) is 1.56. The molecule has 1 fully saturated rings. The summed E-state index contributed by atoms with van der Waals surface area (Å²) in [6.45, 7) is 6.57. The van der Waals surface area contributed by atoms with Gasteiger partial charge in [0.05, 0.1) is 19.3 Å². The molecule has 2 heterocycles. The van der Waals surface area contributed by atoms with Crippen LogP contribution in [0.5, 0.6) is 11.5 Å². The van der Waals surface area contributed by atoms with Crippen LogP contribution in [0.1, 0.15) is 54.6 Å². The summed E-state index contributed by atoms with van der Waals surface area (Å²) in [5.41, 5.74) is 7.02. The number of carbonyl (C=O) groups is 2. The number of primary amides is 1. The standard InChI is InChI=1S/C25H30N2O7/c1-25(2,3)33-24(29)34-27-11-10-18(16-8-9-20-21(12-16)32-15-31-20)22(13-27)30-14-17-6-4-5-7-19(17)23(26)28/h4-9,12,18,22H,10-11,13-15H2,1-3H3,(H2,26,28). The highest BCUT2D eigenvalue weighted by molar-refractivity contribution is 5.94. The number of ether oxygens (including phenoxy) is 4. The van der Waals surface area contributed by atoms with Crippen LogP contribution in [0.25, 0.3) is 0 Å². The summed E-state index contributed by atoms with van der Waals surface area (Å²) < 4.78 is 22.6. The smallest absolute Gasteiger partial charge is 0.454 e. The van der Waals surface area contributed by atoms with Gasteiger partial charge < -0.3 is 29.5 Å². The van der Waals surface area contributed by atoms with Gasteiger partial charge in [-0.2, -0.15) is 0 Å². The Labute approximate surface area is 198 Å². The first kappa shape index (κ1) is 23.8. The minimum Gasteiger partial charge on any atom is -0.454 e. The first-order chi connectivity index (χ1) is 16.2.